The van der Waals surface area contributed by atoms with Crippen molar-refractivity contribution in [3.63, 3.8) is 0 Å². The summed E-state index contributed by atoms with van der Waals surface area (Å²) in [6, 6.07) is 10.4. The van der Waals surface area contributed by atoms with Crippen molar-refractivity contribution < 1.29 is 9.47 Å². The SMILES string of the molecule is Cc1c(C)c2c(c(C)c1OCc1ccccc1)CCC(C)(C=C=CC(C)CC=CC(C)CC=CC(C)C)O2. The number of hydrogen-bond donors (Lipinski definition) is 0. The smallest absolute Gasteiger partial charge is 0.132 e. The van der Waals surface area contributed by atoms with E-state index in [1.165, 1.54) is 22.3 Å². The lowest BCUT2D eigenvalue weighted by molar-refractivity contribution is 0.112. The largest absolute Gasteiger partial charge is 0.488 e. The molecule has 0 fully saturated rings. The Balaban J connectivity index is 1.64. The topological polar surface area (TPSA) is 18.5 Å². The quantitative estimate of drug-likeness (QED) is 0.220. The van der Waals surface area contributed by atoms with Crippen LogP contribution in [-0.4, -0.2) is 5.60 Å². The van der Waals surface area contributed by atoms with Crippen LogP contribution in [0.25, 0.3) is 0 Å². The standard InChI is InChI=1S/C36H48O2/c1-26(2)15-12-16-27(3)17-13-18-28(4)19-14-23-36(8)24-22-33-31(7)34(29(5)30(6)35(33)38-36)37-25-32-20-10-9-11-21-32/h9-13,15,17,19-21,23,26-28H,16,18,22,24-25H2,1-8H3. The molecule has 0 spiro atoms. The van der Waals surface area contributed by atoms with Gasteiger partial charge in [0.1, 0.15) is 23.7 Å². The maximum Gasteiger partial charge on any atom is 0.132 e. The van der Waals surface area contributed by atoms with Gasteiger partial charge in [-0.1, -0.05) is 82.3 Å². The Morgan fingerprint density at radius 1 is 0.921 bits per heavy atom. The van der Waals surface area contributed by atoms with Gasteiger partial charge < -0.3 is 9.47 Å². The van der Waals surface area contributed by atoms with E-state index >= 15 is 0 Å². The second-order valence-electron chi connectivity index (χ2n) is 11.7. The number of rotatable bonds is 11. The minimum atomic E-state index is -0.355. The molecule has 2 nitrogen and oxygen atoms in total. The zero-order chi connectivity index (χ0) is 27.7. The summed E-state index contributed by atoms with van der Waals surface area (Å²) in [5.74, 6) is 3.66. The average molecular weight is 513 g/mol. The first-order valence-electron chi connectivity index (χ1n) is 14.3. The third-order valence-electron chi connectivity index (χ3n) is 7.51. The Labute approximate surface area is 232 Å². The summed E-state index contributed by atoms with van der Waals surface area (Å²) in [4.78, 5) is 0. The summed E-state index contributed by atoms with van der Waals surface area (Å²) in [5, 5.41) is 0. The van der Waals surface area contributed by atoms with Gasteiger partial charge in [0.05, 0.1) is 0 Å². The molecular weight excluding hydrogens is 464 g/mol. The lowest BCUT2D eigenvalue weighted by Gasteiger charge is -2.36. The van der Waals surface area contributed by atoms with Gasteiger partial charge in [-0.2, -0.15) is 0 Å². The lowest BCUT2D eigenvalue weighted by atomic mass is 9.87. The molecule has 2 heteroatoms. The monoisotopic (exact) mass is 512 g/mol. The Hall–Kier alpha value is -2.96. The molecule has 38 heavy (non-hydrogen) atoms. The van der Waals surface area contributed by atoms with Crippen molar-refractivity contribution in [3.8, 4) is 11.5 Å². The van der Waals surface area contributed by atoms with Gasteiger partial charge in [0, 0.05) is 11.6 Å². The Kier molecular flexibility index (Phi) is 10.7. The number of benzene rings is 2. The third kappa shape index (κ3) is 8.27. The summed E-state index contributed by atoms with van der Waals surface area (Å²) in [6.07, 6.45) is 17.6. The maximum absolute atomic E-state index is 6.66. The highest BCUT2D eigenvalue weighted by Crippen LogP contribution is 2.44. The van der Waals surface area contributed by atoms with Gasteiger partial charge in [-0.25, -0.2) is 0 Å². The van der Waals surface area contributed by atoms with Crippen molar-refractivity contribution in [3.05, 3.63) is 100 Å². The molecule has 1 heterocycles. The van der Waals surface area contributed by atoms with Crippen LogP contribution in [0.2, 0.25) is 0 Å². The summed E-state index contributed by atoms with van der Waals surface area (Å²) in [7, 11) is 0. The maximum atomic E-state index is 6.66. The summed E-state index contributed by atoms with van der Waals surface area (Å²) in [5.41, 5.74) is 9.11. The average Bonchev–Trinajstić information content (AvgIpc) is 2.87. The van der Waals surface area contributed by atoms with Crippen molar-refractivity contribution in [1.82, 2.24) is 0 Å². The highest BCUT2D eigenvalue weighted by molar-refractivity contribution is 5.59. The molecule has 2 aromatic rings. The minimum absolute atomic E-state index is 0.355. The lowest BCUT2D eigenvalue weighted by Crippen LogP contribution is -2.34. The molecule has 0 saturated heterocycles. The first kappa shape index (κ1) is 29.6. The molecule has 0 bridgehead atoms. The van der Waals surface area contributed by atoms with E-state index in [1.807, 2.05) is 6.07 Å². The van der Waals surface area contributed by atoms with Crippen LogP contribution in [0.4, 0.5) is 0 Å². The highest BCUT2D eigenvalue weighted by atomic mass is 16.5. The molecule has 0 aromatic heterocycles. The van der Waals surface area contributed by atoms with Crippen LogP contribution >= 0.6 is 0 Å². The van der Waals surface area contributed by atoms with E-state index < -0.39 is 0 Å². The van der Waals surface area contributed by atoms with Gasteiger partial charge in [-0.15, -0.1) is 5.73 Å². The molecular formula is C36H48O2. The van der Waals surface area contributed by atoms with E-state index in [0.29, 0.717) is 24.4 Å². The minimum Gasteiger partial charge on any atom is -0.488 e. The van der Waals surface area contributed by atoms with Gasteiger partial charge in [-0.3, -0.25) is 0 Å². The Morgan fingerprint density at radius 2 is 1.61 bits per heavy atom. The molecule has 2 aromatic carbocycles. The second-order valence-corrected chi connectivity index (χ2v) is 11.7. The predicted octanol–water partition coefficient (Wildman–Crippen LogP) is 9.81. The van der Waals surface area contributed by atoms with Crippen LogP contribution in [0.15, 0.2) is 72.5 Å². The fourth-order valence-corrected chi connectivity index (χ4v) is 4.93. The molecule has 0 radical (unpaired) electrons. The van der Waals surface area contributed by atoms with Crippen molar-refractivity contribution in [2.75, 3.05) is 0 Å². The van der Waals surface area contributed by atoms with Crippen LogP contribution in [0, 0.1) is 38.5 Å². The van der Waals surface area contributed by atoms with Crippen molar-refractivity contribution in [2.24, 2.45) is 17.8 Å². The fraction of sp³-hybridized carbons (Fsp3) is 0.472. The van der Waals surface area contributed by atoms with E-state index in [2.05, 4.69) is 122 Å². The number of hydrogen-bond acceptors (Lipinski definition) is 2. The van der Waals surface area contributed by atoms with Gasteiger partial charge in [0.2, 0.25) is 0 Å². The fourth-order valence-electron chi connectivity index (χ4n) is 4.93. The van der Waals surface area contributed by atoms with Crippen molar-refractivity contribution in [1.29, 1.82) is 0 Å². The summed E-state index contributed by atoms with van der Waals surface area (Å²) >= 11 is 0. The first-order chi connectivity index (χ1) is 18.1. The molecule has 0 saturated carbocycles. The predicted molar refractivity (Wildman–Crippen MR) is 162 cm³/mol. The van der Waals surface area contributed by atoms with E-state index in [1.54, 1.807) is 0 Å². The van der Waals surface area contributed by atoms with E-state index in [0.717, 1.165) is 42.7 Å². The van der Waals surface area contributed by atoms with Crippen LogP contribution in [-0.2, 0) is 13.0 Å². The molecule has 204 valence electrons. The Bertz CT molecular complexity index is 1180. The molecule has 1 aliphatic rings. The first-order valence-corrected chi connectivity index (χ1v) is 14.3. The van der Waals surface area contributed by atoms with Gasteiger partial charge >= 0.3 is 0 Å². The summed E-state index contributed by atoms with van der Waals surface area (Å²) < 4.78 is 13.0. The number of fused-ring (bicyclic) bond motifs is 1. The second kappa shape index (κ2) is 13.7. The van der Waals surface area contributed by atoms with Crippen LogP contribution in [0.3, 0.4) is 0 Å². The van der Waals surface area contributed by atoms with E-state index in [-0.39, 0.29) is 5.60 Å². The Morgan fingerprint density at radius 3 is 2.32 bits per heavy atom. The van der Waals surface area contributed by atoms with E-state index in [4.69, 9.17) is 9.47 Å². The zero-order valence-electron chi connectivity index (χ0n) is 24.9. The highest BCUT2D eigenvalue weighted by Gasteiger charge is 2.33. The van der Waals surface area contributed by atoms with Crippen LogP contribution < -0.4 is 9.47 Å². The normalized spacial score (nSPS) is 18.7. The molecule has 3 rings (SSSR count). The van der Waals surface area contributed by atoms with Crippen molar-refractivity contribution in [2.45, 2.75) is 93.3 Å². The van der Waals surface area contributed by atoms with Crippen molar-refractivity contribution >= 4 is 0 Å². The molecule has 0 N–H and O–H groups in total. The molecule has 1 aliphatic heterocycles. The zero-order valence-corrected chi connectivity index (χ0v) is 24.9. The van der Waals surface area contributed by atoms with Crippen LogP contribution in [0.1, 0.15) is 81.7 Å². The molecule has 3 unspecified atom stereocenters. The third-order valence-corrected chi connectivity index (χ3v) is 7.51. The van der Waals surface area contributed by atoms with Gasteiger partial charge in [-0.05, 0) is 99.5 Å². The summed E-state index contributed by atoms with van der Waals surface area (Å²) in [6.45, 7) is 18.2. The molecule has 3 atom stereocenters. The molecule has 0 aliphatic carbocycles. The number of ether oxygens (including phenoxy) is 2. The van der Waals surface area contributed by atoms with E-state index in [9.17, 15) is 0 Å². The van der Waals surface area contributed by atoms with Crippen LogP contribution in [0.5, 0.6) is 11.5 Å². The number of allylic oxidation sites excluding steroid dienone is 4. The molecule has 0 amide bonds. The van der Waals surface area contributed by atoms with Gasteiger partial charge in [0.25, 0.3) is 0 Å². The van der Waals surface area contributed by atoms with Gasteiger partial charge in [0.15, 0.2) is 0 Å².